The molecule has 0 bridgehead atoms. The van der Waals surface area contributed by atoms with Gasteiger partial charge in [0.25, 0.3) is 0 Å². The van der Waals surface area contributed by atoms with E-state index < -0.39 is 36.3 Å². The van der Waals surface area contributed by atoms with Crippen LogP contribution in [0.15, 0.2) is 30.3 Å². The molecule has 0 aliphatic carbocycles. The highest BCUT2D eigenvalue weighted by molar-refractivity contribution is 5.77. The number of amides is 2. The number of rotatable bonds is 7. The van der Waals surface area contributed by atoms with Gasteiger partial charge in [-0.15, -0.1) is 0 Å². The van der Waals surface area contributed by atoms with Crippen LogP contribution in [0.3, 0.4) is 0 Å². The molecule has 2 amide bonds. The number of ether oxygens (including phenoxy) is 2. The molecule has 1 atom stereocenters. The van der Waals surface area contributed by atoms with Gasteiger partial charge < -0.3 is 19.9 Å². The molecule has 8 nitrogen and oxygen atoms in total. The van der Waals surface area contributed by atoms with E-state index in [1.807, 2.05) is 30.3 Å². The zero-order valence-electron chi connectivity index (χ0n) is 15.5. The maximum atomic E-state index is 12.1. The van der Waals surface area contributed by atoms with E-state index in [4.69, 9.17) is 14.6 Å². The lowest BCUT2D eigenvalue weighted by molar-refractivity contribution is -0.138. The van der Waals surface area contributed by atoms with Crippen molar-refractivity contribution in [1.82, 2.24) is 10.2 Å². The van der Waals surface area contributed by atoms with Crippen molar-refractivity contribution >= 4 is 18.2 Å². The number of carboxylic acid groups (broad SMARTS) is 1. The van der Waals surface area contributed by atoms with E-state index in [1.165, 1.54) is 0 Å². The maximum Gasteiger partial charge on any atom is 0.410 e. The third-order valence-electron chi connectivity index (χ3n) is 3.05. The van der Waals surface area contributed by atoms with Crippen LogP contribution in [0.1, 0.15) is 33.3 Å². The van der Waals surface area contributed by atoms with Crippen molar-refractivity contribution in [2.75, 3.05) is 13.1 Å². The first-order chi connectivity index (χ1) is 12.1. The minimum atomic E-state index is -1.17. The molecule has 1 rings (SSSR count). The second-order valence-corrected chi connectivity index (χ2v) is 6.86. The molecule has 0 radical (unpaired) electrons. The van der Waals surface area contributed by atoms with Gasteiger partial charge in [-0.05, 0) is 33.3 Å². The summed E-state index contributed by atoms with van der Waals surface area (Å²) in [4.78, 5) is 36.0. The number of hydrogen-bond donors (Lipinski definition) is 2. The Hall–Kier alpha value is -2.77. The summed E-state index contributed by atoms with van der Waals surface area (Å²) in [6.07, 6.45) is -1.41. The average Bonchev–Trinajstić information content (AvgIpc) is 2.51. The Morgan fingerprint density at radius 1 is 1.19 bits per heavy atom. The third-order valence-corrected chi connectivity index (χ3v) is 3.05. The number of hydrogen-bond acceptors (Lipinski definition) is 5. The molecule has 0 saturated heterocycles. The molecule has 0 aliphatic heterocycles. The number of carbonyl (C=O) groups excluding carboxylic acids is 2. The molecule has 0 aliphatic rings. The molecule has 0 spiro atoms. The molecule has 1 aromatic carbocycles. The number of benzene rings is 1. The number of nitrogens with one attached hydrogen (secondary N) is 1. The number of carbonyl (C=O) groups is 3. The van der Waals surface area contributed by atoms with Crippen LogP contribution < -0.4 is 5.32 Å². The molecule has 1 unspecified atom stereocenters. The van der Waals surface area contributed by atoms with E-state index in [9.17, 15) is 14.4 Å². The van der Waals surface area contributed by atoms with Gasteiger partial charge in [0.05, 0.1) is 0 Å². The average molecular weight is 366 g/mol. The van der Waals surface area contributed by atoms with Gasteiger partial charge >= 0.3 is 18.2 Å². The van der Waals surface area contributed by atoms with Gasteiger partial charge in [0.2, 0.25) is 0 Å². The third kappa shape index (κ3) is 8.91. The lowest BCUT2D eigenvalue weighted by atomic mass is 10.2. The van der Waals surface area contributed by atoms with Crippen LogP contribution in [0.4, 0.5) is 9.59 Å². The molecule has 0 fully saturated rings. The highest BCUT2D eigenvalue weighted by Crippen LogP contribution is 2.10. The predicted molar refractivity (Wildman–Crippen MR) is 94.7 cm³/mol. The van der Waals surface area contributed by atoms with Crippen molar-refractivity contribution in [2.45, 2.75) is 45.9 Å². The van der Waals surface area contributed by atoms with Crippen LogP contribution in [-0.2, 0) is 20.9 Å². The molecular weight excluding hydrogens is 340 g/mol. The van der Waals surface area contributed by atoms with Crippen molar-refractivity contribution in [1.29, 1.82) is 0 Å². The Labute approximate surface area is 153 Å². The van der Waals surface area contributed by atoms with Crippen LogP contribution >= 0.6 is 0 Å². The van der Waals surface area contributed by atoms with Crippen LogP contribution in [0.5, 0.6) is 0 Å². The Kier molecular flexibility index (Phi) is 7.89. The number of carboxylic acids is 1. The summed E-state index contributed by atoms with van der Waals surface area (Å²) < 4.78 is 10.3. The van der Waals surface area contributed by atoms with Crippen molar-refractivity contribution < 1.29 is 29.0 Å². The van der Waals surface area contributed by atoms with E-state index >= 15 is 0 Å². The fraction of sp³-hybridized carbons (Fsp3) is 0.500. The monoisotopic (exact) mass is 366 g/mol. The van der Waals surface area contributed by atoms with E-state index in [0.29, 0.717) is 0 Å². The minimum absolute atomic E-state index is 0.0261. The first-order valence-corrected chi connectivity index (χ1v) is 8.24. The zero-order chi connectivity index (χ0) is 19.7. The summed E-state index contributed by atoms with van der Waals surface area (Å²) in [5, 5.41) is 11.5. The Balaban J connectivity index is 2.54. The largest absolute Gasteiger partial charge is 0.480 e. The fourth-order valence-corrected chi connectivity index (χ4v) is 2.04. The first kappa shape index (κ1) is 21.3. The SMILES string of the molecule is CC(CN(CC(=O)O)C(=O)OC(C)(C)C)NC(=O)OCc1ccccc1. The second-order valence-electron chi connectivity index (χ2n) is 6.86. The molecule has 0 saturated carbocycles. The van der Waals surface area contributed by atoms with Gasteiger partial charge in [-0.25, -0.2) is 9.59 Å². The highest BCUT2D eigenvalue weighted by Gasteiger charge is 2.25. The molecule has 144 valence electrons. The van der Waals surface area contributed by atoms with Crippen molar-refractivity contribution in [3.05, 3.63) is 35.9 Å². The van der Waals surface area contributed by atoms with Crippen LogP contribution in [0.2, 0.25) is 0 Å². The summed E-state index contributed by atoms with van der Waals surface area (Å²) in [7, 11) is 0. The standard InChI is InChI=1S/C18H26N2O6/c1-13(19-16(23)25-12-14-8-6-5-7-9-14)10-20(11-15(21)22)17(24)26-18(2,3)4/h5-9,13H,10-12H2,1-4H3,(H,19,23)(H,21,22). The minimum Gasteiger partial charge on any atom is -0.480 e. The molecule has 26 heavy (non-hydrogen) atoms. The fourth-order valence-electron chi connectivity index (χ4n) is 2.04. The van der Waals surface area contributed by atoms with Crippen LogP contribution in [-0.4, -0.2) is 52.9 Å². The summed E-state index contributed by atoms with van der Waals surface area (Å²) in [5.41, 5.74) is 0.0932. The van der Waals surface area contributed by atoms with E-state index in [2.05, 4.69) is 5.32 Å². The number of alkyl carbamates (subject to hydrolysis) is 1. The first-order valence-electron chi connectivity index (χ1n) is 8.24. The lowest BCUT2D eigenvalue weighted by Gasteiger charge is -2.28. The van der Waals surface area contributed by atoms with Crippen molar-refractivity contribution in [2.24, 2.45) is 0 Å². The van der Waals surface area contributed by atoms with Crippen LogP contribution in [0, 0.1) is 0 Å². The number of nitrogens with zero attached hydrogens (tertiary/aromatic N) is 1. The number of aliphatic carboxylic acids is 1. The summed E-state index contributed by atoms with van der Waals surface area (Å²) >= 11 is 0. The molecule has 1 aromatic rings. The molecular formula is C18H26N2O6. The summed E-state index contributed by atoms with van der Waals surface area (Å²) in [6.45, 7) is 6.26. The van der Waals surface area contributed by atoms with E-state index in [1.54, 1.807) is 27.7 Å². The quantitative estimate of drug-likeness (QED) is 0.768. The molecule has 0 aromatic heterocycles. The van der Waals surface area contributed by atoms with Gasteiger partial charge in [-0.1, -0.05) is 30.3 Å². The van der Waals surface area contributed by atoms with E-state index in [0.717, 1.165) is 10.5 Å². The zero-order valence-corrected chi connectivity index (χ0v) is 15.5. The van der Waals surface area contributed by atoms with Crippen molar-refractivity contribution in [3.8, 4) is 0 Å². The van der Waals surface area contributed by atoms with Gasteiger partial charge in [0.1, 0.15) is 18.8 Å². The van der Waals surface area contributed by atoms with Gasteiger partial charge in [-0.3, -0.25) is 9.69 Å². The predicted octanol–water partition coefficient (Wildman–Crippen LogP) is 2.62. The Morgan fingerprint density at radius 3 is 2.35 bits per heavy atom. The highest BCUT2D eigenvalue weighted by atomic mass is 16.6. The van der Waals surface area contributed by atoms with Crippen molar-refractivity contribution in [3.63, 3.8) is 0 Å². The molecule has 2 N–H and O–H groups in total. The Bertz CT molecular complexity index is 612. The molecule has 0 heterocycles. The lowest BCUT2D eigenvalue weighted by Crippen LogP contribution is -2.47. The summed E-state index contributed by atoms with van der Waals surface area (Å²) in [5.74, 6) is -1.17. The summed E-state index contributed by atoms with van der Waals surface area (Å²) in [6, 6.07) is 8.67. The smallest absolute Gasteiger partial charge is 0.410 e. The Morgan fingerprint density at radius 2 is 1.81 bits per heavy atom. The normalized spacial score (nSPS) is 12.0. The van der Waals surface area contributed by atoms with Gasteiger partial charge in [-0.2, -0.15) is 0 Å². The van der Waals surface area contributed by atoms with Crippen LogP contribution in [0.25, 0.3) is 0 Å². The maximum absolute atomic E-state index is 12.1. The van der Waals surface area contributed by atoms with E-state index in [-0.39, 0.29) is 13.2 Å². The van der Waals surface area contributed by atoms with Gasteiger partial charge in [0.15, 0.2) is 0 Å². The van der Waals surface area contributed by atoms with Gasteiger partial charge in [0, 0.05) is 12.6 Å². The second kappa shape index (κ2) is 9.65. The molecule has 8 heteroatoms. The topological polar surface area (TPSA) is 105 Å².